The van der Waals surface area contributed by atoms with Crippen LogP contribution in [0.2, 0.25) is 0 Å². The van der Waals surface area contributed by atoms with Crippen LogP contribution in [0.1, 0.15) is 19.4 Å². The first-order valence-corrected chi connectivity index (χ1v) is 7.00. The Hall–Kier alpha value is -2.49. The number of carbonyl (C=O) groups excluding carboxylic acids is 1. The second kappa shape index (κ2) is 7.33. The molecule has 0 atom stereocenters. The molecule has 4 heteroatoms. The first-order valence-electron chi connectivity index (χ1n) is 7.00. The van der Waals surface area contributed by atoms with E-state index in [9.17, 15) is 4.79 Å². The second-order valence-corrected chi connectivity index (χ2v) is 4.69. The minimum absolute atomic E-state index is 0.0663. The average molecular weight is 284 g/mol. The molecule has 110 valence electrons. The van der Waals surface area contributed by atoms with E-state index in [-0.39, 0.29) is 5.91 Å². The molecule has 0 heterocycles. The lowest BCUT2D eigenvalue weighted by Gasteiger charge is -2.09. The monoisotopic (exact) mass is 284 g/mol. The van der Waals surface area contributed by atoms with Gasteiger partial charge in [-0.2, -0.15) is 0 Å². The number of carbonyl (C=O) groups is 1. The van der Waals surface area contributed by atoms with Crippen LogP contribution in [0.5, 0.6) is 5.75 Å². The molecule has 0 bridgehead atoms. The Bertz CT molecular complexity index is 594. The van der Waals surface area contributed by atoms with E-state index in [4.69, 9.17) is 4.74 Å². The van der Waals surface area contributed by atoms with Gasteiger partial charge in [-0.1, -0.05) is 12.1 Å². The van der Waals surface area contributed by atoms with Crippen LogP contribution in [-0.4, -0.2) is 12.5 Å². The number of amides is 1. The van der Waals surface area contributed by atoms with Gasteiger partial charge >= 0.3 is 0 Å². The highest BCUT2D eigenvalue weighted by atomic mass is 16.5. The quantitative estimate of drug-likeness (QED) is 0.851. The van der Waals surface area contributed by atoms with Crippen molar-refractivity contribution in [3.05, 3.63) is 54.1 Å². The molecule has 21 heavy (non-hydrogen) atoms. The summed E-state index contributed by atoms with van der Waals surface area (Å²) in [6, 6.07) is 15.7. The van der Waals surface area contributed by atoms with Crippen LogP contribution in [0.25, 0.3) is 0 Å². The van der Waals surface area contributed by atoms with Gasteiger partial charge < -0.3 is 15.4 Å². The Balaban J connectivity index is 1.93. The Morgan fingerprint density at radius 3 is 2.48 bits per heavy atom. The zero-order valence-corrected chi connectivity index (χ0v) is 12.3. The van der Waals surface area contributed by atoms with E-state index >= 15 is 0 Å². The molecule has 0 unspecified atom stereocenters. The summed E-state index contributed by atoms with van der Waals surface area (Å²) in [6.45, 7) is 4.86. The van der Waals surface area contributed by atoms with E-state index in [1.807, 2.05) is 49.4 Å². The molecule has 0 aliphatic heterocycles. The summed E-state index contributed by atoms with van der Waals surface area (Å²) in [5.41, 5.74) is 2.96. The summed E-state index contributed by atoms with van der Waals surface area (Å²) in [5.74, 6) is 0.821. The fraction of sp³-hybridized carbons (Fsp3) is 0.235. The molecule has 0 aliphatic carbocycles. The van der Waals surface area contributed by atoms with E-state index in [1.54, 1.807) is 0 Å². The molecule has 0 saturated heterocycles. The zero-order chi connectivity index (χ0) is 15.1. The highest BCUT2D eigenvalue weighted by Crippen LogP contribution is 2.17. The molecule has 0 aliphatic rings. The normalized spacial score (nSPS) is 10.0. The third kappa shape index (κ3) is 4.84. The van der Waals surface area contributed by atoms with Crippen molar-refractivity contribution >= 4 is 17.3 Å². The van der Waals surface area contributed by atoms with Crippen molar-refractivity contribution in [2.75, 3.05) is 17.2 Å². The topological polar surface area (TPSA) is 50.4 Å². The Labute approximate surface area is 125 Å². The molecule has 2 N–H and O–H groups in total. The van der Waals surface area contributed by atoms with Crippen molar-refractivity contribution in [1.29, 1.82) is 0 Å². The van der Waals surface area contributed by atoms with Gasteiger partial charge in [0.2, 0.25) is 5.91 Å². The summed E-state index contributed by atoms with van der Waals surface area (Å²) in [7, 11) is 0. The van der Waals surface area contributed by atoms with E-state index in [2.05, 4.69) is 16.7 Å². The summed E-state index contributed by atoms with van der Waals surface area (Å²) < 4.78 is 5.48. The van der Waals surface area contributed by atoms with Gasteiger partial charge in [-0.15, -0.1) is 0 Å². The van der Waals surface area contributed by atoms with Crippen molar-refractivity contribution in [2.24, 2.45) is 0 Å². The van der Waals surface area contributed by atoms with Crippen molar-refractivity contribution in [3.63, 3.8) is 0 Å². The van der Waals surface area contributed by atoms with Crippen LogP contribution in [-0.2, 0) is 11.3 Å². The second-order valence-electron chi connectivity index (χ2n) is 4.69. The standard InChI is InChI=1S/C17H20N2O2/c1-3-21-17-6-4-5-14(11-17)12-18-15-7-9-16(10-8-15)19-13(2)20/h4-11,18H,3,12H2,1-2H3,(H,19,20). The number of benzene rings is 2. The van der Waals surface area contributed by atoms with Gasteiger partial charge in [-0.3, -0.25) is 4.79 Å². The smallest absolute Gasteiger partial charge is 0.221 e. The van der Waals surface area contributed by atoms with Gasteiger partial charge in [-0.05, 0) is 48.9 Å². The van der Waals surface area contributed by atoms with Crippen LogP contribution in [0.4, 0.5) is 11.4 Å². The average Bonchev–Trinajstić information content (AvgIpc) is 2.47. The first kappa shape index (κ1) is 14.9. The zero-order valence-electron chi connectivity index (χ0n) is 12.3. The Morgan fingerprint density at radius 2 is 1.81 bits per heavy atom. The molecule has 0 fully saturated rings. The number of anilines is 2. The van der Waals surface area contributed by atoms with Gasteiger partial charge in [0.15, 0.2) is 0 Å². The SMILES string of the molecule is CCOc1cccc(CNc2ccc(NC(C)=O)cc2)c1. The predicted molar refractivity (Wildman–Crippen MR) is 85.7 cm³/mol. The number of hydrogen-bond acceptors (Lipinski definition) is 3. The van der Waals surface area contributed by atoms with Gasteiger partial charge in [-0.25, -0.2) is 0 Å². The first-order chi connectivity index (χ1) is 10.2. The lowest BCUT2D eigenvalue weighted by Crippen LogP contribution is -2.05. The number of rotatable bonds is 6. The maximum absolute atomic E-state index is 11.0. The molecule has 0 spiro atoms. The van der Waals surface area contributed by atoms with Gasteiger partial charge in [0, 0.05) is 24.8 Å². The summed E-state index contributed by atoms with van der Waals surface area (Å²) in [6.07, 6.45) is 0. The largest absolute Gasteiger partial charge is 0.494 e. The number of nitrogens with one attached hydrogen (secondary N) is 2. The number of ether oxygens (including phenoxy) is 1. The van der Waals surface area contributed by atoms with Crippen LogP contribution < -0.4 is 15.4 Å². The summed E-state index contributed by atoms with van der Waals surface area (Å²) >= 11 is 0. The van der Waals surface area contributed by atoms with E-state index < -0.39 is 0 Å². The maximum Gasteiger partial charge on any atom is 0.221 e. The summed E-state index contributed by atoms with van der Waals surface area (Å²) in [4.78, 5) is 11.0. The van der Waals surface area contributed by atoms with Gasteiger partial charge in [0.1, 0.15) is 5.75 Å². The third-order valence-corrected chi connectivity index (χ3v) is 2.91. The molecule has 0 aromatic heterocycles. The molecular formula is C17H20N2O2. The van der Waals surface area contributed by atoms with Crippen molar-refractivity contribution in [2.45, 2.75) is 20.4 Å². The molecule has 0 saturated carbocycles. The van der Waals surface area contributed by atoms with Crippen LogP contribution >= 0.6 is 0 Å². The minimum Gasteiger partial charge on any atom is -0.494 e. The fourth-order valence-corrected chi connectivity index (χ4v) is 1.99. The minimum atomic E-state index is -0.0663. The summed E-state index contributed by atoms with van der Waals surface area (Å²) in [5, 5.41) is 6.09. The van der Waals surface area contributed by atoms with Gasteiger partial charge in [0.25, 0.3) is 0 Å². The predicted octanol–water partition coefficient (Wildman–Crippen LogP) is 3.66. The maximum atomic E-state index is 11.0. The molecule has 2 aromatic rings. The lowest BCUT2D eigenvalue weighted by molar-refractivity contribution is -0.114. The van der Waals surface area contributed by atoms with Crippen LogP contribution in [0.3, 0.4) is 0 Å². The van der Waals surface area contributed by atoms with Crippen molar-refractivity contribution < 1.29 is 9.53 Å². The van der Waals surface area contributed by atoms with Crippen LogP contribution in [0.15, 0.2) is 48.5 Å². The molecule has 4 nitrogen and oxygen atoms in total. The number of hydrogen-bond donors (Lipinski definition) is 2. The van der Waals surface area contributed by atoms with Crippen LogP contribution in [0, 0.1) is 0 Å². The van der Waals surface area contributed by atoms with E-state index in [0.29, 0.717) is 6.61 Å². The van der Waals surface area contributed by atoms with Gasteiger partial charge in [0.05, 0.1) is 6.61 Å². The van der Waals surface area contributed by atoms with E-state index in [0.717, 1.165) is 29.2 Å². The Kier molecular flexibility index (Phi) is 5.21. The fourth-order valence-electron chi connectivity index (χ4n) is 1.99. The molecule has 2 rings (SSSR count). The lowest BCUT2D eigenvalue weighted by atomic mass is 10.2. The third-order valence-electron chi connectivity index (χ3n) is 2.91. The van der Waals surface area contributed by atoms with E-state index in [1.165, 1.54) is 6.92 Å². The van der Waals surface area contributed by atoms with Crippen molar-refractivity contribution in [1.82, 2.24) is 0 Å². The van der Waals surface area contributed by atoms with Crippen molar-refractivity contribution in [3.8, 4) is 5.75 Å². The highest BCUT2D eigenvalue weighted by Gasteiger charge is 1.99. The molecule has 0 radical (unpaired) electrons. The Morgan fingerprint density at radius 1 is 1.10 bits per heavy atom. The molecule has 2 aromatic carbocycles. The molecular weight excluding hydrogens is 264 g/mol. The molecule has 1 amide bonds. The highest BCUT2D eigenvalue weighted by molar-refractivity contribution is 5.88.